The lowest BCUT2D eigenvalue weighted by atomic mass is 9.71. The monoisotopic (exact) mass is 408 g/mol. The second-order valence-electron chi connectivity index (χ2n) is 8.84. The van der Waals surface area contributed by atoms with E-state index in [0.29, 0.717) is 12.8 Å². The lowest BCUT2D eigenvalue weighted by Gasteiger charge is -2.36. The van der Waals surface area contributed by atoms with E-state index in [1.165, 1.54) is 32.1 Å². The van der Waals surface area contributed by atoms with Crippen molar-refractivity contribution in [3.05, 3.63) is 0 Å². The second kappa shape index (κ2) is 9.77. The summed E-state index contributed by atoms with van der Waals surface area (Å²) in [4.78, 5) is 12.5. The fourth-order valence-corrected chi connectivity index (χ4v) is 5.22. The topological polar surface area (TPSA) is 35.5 Å². The van der Waals surface area contributed by atoms with Crippen LogP contribution in [0.3, 0.4) is 0 Å². The van der Waals surface area contributed by atoms with Gasteiger partial charge in [0.15, 0.2) is 0 Å². The Morgan fingerprint density at radius 1 is 0.750 bits per heavy atom. The number of carbonyl (C=O) groups is 1. The van der Waals surface area contributed by atoms with Crippen LogP contribution in [0.25, 0.3) is 0 Å². The minimum Gasteiger partial charge on any atom is -0.462 e. The SMILES string of the molecule is O=C(OC1CCC(OC(F)C(F)(F)F)CC1)C1CCC(C2CCCCC2)CC1. The van der Waals surface area contributed by atoms with Gasteiger partial charge in [0, 0.05) is 0 Å². The number of halogens is 4. The molecule has 0 aromatic heterocycles. The van der Waals surface area contributed by atoms with E-state index in [2.05, 4.69) is 4.74 Å². The van der Waals surface area contributed by atoms with Gasteiger partial charge in [-0.3, -0.25) is 4.79 Å². The van der Waals surface area contributed by atoms with Crippen molar-refractivity contribution >= 4 is 5.97 Å². The van der Waals surface area contributed by atoms with Crippen LogP contribution in [0.5, 0.6) is 0 Å². The molecular weight excluding hydrogens is 376 g/mol. The zero-order valence-electron chi connectivity index (χ0n) is 16.4. The molecule has 3 saturated carbocycles. The Labute approximate surface area is 164 Å². The molecule has 7 heteroatoms. The molecule has 0 amide bonds. The molecule has 0 spiro atoms. The molecule has 3 aliphatic rings. The highest BCUT2D eigenvalue weighted by Crippen LogP contribution is 2.40. The normalized spacial score (nSPS) is 34.0. The average Bonchev–Trinajstić information content (AvgIpc) is 2.69. The highest BCUT2D eigenvalue weighted by molar-refractivity contribution is 5.72. The van der Waals surface area contributed by atoms with Gasteiger partial charge in [-0.25, -0.2) is 4.39 Å². The summed E-state index contributed by atoms with van der Waals surface area (Å²) in [6.45, 7) is 0. The maximum absolute atomic E-state index is 13.0. The highest BCUT2D eigenvalue weighted by Gasteiger charge is 2.43. The second-order valence-corrected chi connectivity index (χ2v) is 8.84. The fourth-order valence-electron chi connectivity index (χ4n) is 5.22. The number of hydrogen-bond donors (Lipinski definition) is 0. The summed E-state index contributed by atoms with van der Waals surface area (Å²) in [5, 5.41) is 0. The Bertz CT molecular complexity index is 488. The smallest absolute Gasteiger partial charge is 0.445 e. The van der Waals surface area contributed by atoms with Gasteiger partial charge in [-0.2, -0.15) is 13.2 Å². The first kappa shape index (κ1) is 21.8. The summed E-state index contributed by atoms with van der Waals surface area (Å²) in [6, 6.07) is 0. The van der Waals surface area contributed by atoms with Crippen molar-refractivity contribution in [1.29, 1.82) is 0 Å². The first-order valence-electron chi connectivity index (χ1n) is 10.9. The van der Waals surface area contributed by atoms with E-state index in [-0.39, 0.29) is 30.8 Å². The summed E-state index contributed by atoms with van der Waals surface area (Å²) < 4.78 is 59.8. The van der Waals surface area contributed by atoms with Gasteiger partial charge in [-0.1, -0.05) is 32.1 Å². The van der Waals surface area contributed by atoms with E-state index in [9.17, 15) is 22.4 Å². The van der Waals surface area contributed by atoms with Crippen LogP contribution in [0.15, 0.2) is 0 Å². The molecule has 3 fully saturated rings. The predicted octanol–water partition coefficient (Wildman–Crippen LogP) is 6.10. The number of rotatable bonds is 5. The zero-order valence-corrected chi connectivity index (χ0v) is 16.4. The quantitative estimate of drug-likeness (QED) is 0.407. The molecule has 0 N–H and O–H groups in total. The summed E-state index contributed by atoms with van der Waals surface area (Å²) in [5.41, 5.74) is 0. The Morgan fingerprint density at radius 2 is 1.29 bits per heavy atom. The molecule has 0 heterocycles. The highest BCUT2D eigenvalue weighted by atomic mass is 19.4. The number of ether oxygens (including phenoxy) is 2. The Morgan fingerprint density at radius 3 is 1.86 bits per heavy atom. The minimum atomic E-state index is -4.99. The van der Waals surface area contributed by atoms with Crippen molar-refractivity contribution in [3.63, 3.8) is 0 Å². The van der Waals surface area contributed by atoms with Crippen molar-refractivity contribution in [3.8, 4) is 0 Å². The van der Waals surface area contributed by atoms with Crippen LogP contribution in [0, 0.1) is 17.8 Å². The molecule has 0 aromatic carbocycles. The molecule has 0 saturated heterocycles. The van der Waals surface area contributed by atoms with Crippen LogP contribution in [0.4, 0.5) is 17.6 Å². The van der Waals surface area contributed by atoms with Gasteiger partial charge >= 0.3 is 12.1 Å². The van der Waals surface area contributed by atoms with Crippen molar-refractivity contribution in [2.24, 2.45) is 17.8 Å². The maximum atomic E-state index is 13.0. The molecule has 0 radical (unpaired) electrons. The van der Waals surface area contributed by atoms with Gasteiger partial charge in [0.05, 0.1) is 12.0 Å². The van der Waals surface area contributed by atoms with Crippen LogP contribution in [-0.4, -0.2) is 30.7 Å². The molecule has 3 rings (SSSR count). The fraction of sp³-hybridized carbons (Fsp3) is 0.952. The maximum Gasteiger partial charge on any atom is 0.445 e. The third-order valence-corrected chi connectivity index (χ3v) is 6.89. The van der Waals surface area contributed by atoms with Crippen LogP contribution in [-0.2, 0) is 14.3 Å². The number of hydrogen-bond acceptors (Lipinski definition) is 3. The average molecular weight is 408 g/mol. The van der Waals surface area contributed by atoms with Crippen molar-refractivity contribution < 1.29 is 31.8 Å². The number of carbonyl (C=O) groups excluding carboxylic acids is 1. The van der Waals surface area contributed by atoms with E-state index in [4.69, 9.17) is 4.74 Å². The molecule has 162 valence electrons. The minimum absolute atomic E-state index is 0.0470. The third kappa shape index (κ3) is 6.07. The van der Waals surface area contributed by atoms with Crippen molar-refractivity contribution in [2.45, 2.75) is 108 Å². The van der Waals surface area contributed by atoms with E-state index in [0.717, 1.165) is 37.5 Å². The van der Waals surface area contributed by atoms with Gasteiger partial charge in [-0.15, -0.1) is 0 Å². The Kier molecular flexibility index (Phi) is 7.62. The van der Waals surface area contributed by atoms with E-state index < -0.39 is 18.6 Å². The molecule has 1 atom stereocenters. The number of esters is 1. The van der Waals surface area contributed by atoms with Gasteiger partial charge in [0.2, 0.25) is 0 Å². The molecule has 0 bridgehead atoms. The molecular formula is C21H32F4O3. The van der Waals surface area contributed by atoms with E-state index >= 15 is 0 Å². The largest absolute Gasteiger partial charge is 0.462 e. The predicted molar refractivity (Wildman–Crippen MR) is 96.2 cm³/mol. The van der Waals surface area contributed by atoms with Crippen LogP contribution < -0.4 is 0 Å². The zero-order chi connectivity index (χ0) is 20.1. The summed E-state index contributed by atoms with van der Waals surface area (Å²) in [7, 11) is 0. The third-order valence-electron chi connectivity index (χ3n) is 6.89. The molecule has 3 nitrogen and oxygen atoms in total. The van der Waals surface area contributed by atoms with Crippen LogP contribution in [0.2, 0.25) is 0 Å². The van der Waals surface area contributed by atoms with Crippen LogP contribution >= 0.6 is 0 Å². The molecule has 0 aliphatic heterocycles. The number of alkyl halides is 4. The van der Waals surface area contributed by atoms with Crippen LogP contribution in [0.1, 0.15) is 83.5 Å². The molecule has 28 heavy (non-hydrogen) atoms. The van der Waals surface area contributed by atoms with E-state index in [1.54, 1.807) is 0 Å². The first-order valence-corrected chi connectivity index (χ1v) is 10.9. The molecule has 3 aliphatic carbocycles. The van der Waals surface area contributed by atoms with E-state index in [1.807, 2.05) is 0 Å². The first-order chi connectivity index (χ1) is 13.3. The van der Waals surface area contributed by atoms with Crippen molar-refractivity contribution in [1.82, 2.24) is 0 Å². The lowest BCUT2D eigenvalue weighted by molar-refractivity contribution is -0.280. The Balaban J connectivity index is 1.35. The standard InChI is InChI=1S/C21H32F4O3/c22-20(21(23,24)25)28-18-12-10-17(11-13-18)27-19(26)16-8-6-15(7-9-16)14-4-2-1-3-5-14/h14-18,20H,1-13H2. The lowest BCUT2D eigenvalue weighted by Crippen LogP contribution is -2.36. The summed E-state index contributed by atoms with van der Waals surface area (Å²) >= 11 is 0. The van der Waals surface area contributed by atoms with Gasteiger partial charge < -0.3 is 9.47 Å². The van der Waals surface area contributed by atoms with Crippen molar-refractivity contribution in [2.75, 3.05) is 0 Å². The molecule has 0 aromatic rings. The molecule has 1 unspecified atom stereocenters. The summed E-state index contributed by atoms with van der Waals surface area (Å²) in [6.07, 6.45) is 2.80. The van der Waals surface area contributed by atoms with Gasteiger partial charge in [0.1, 0.15) is 6.10 Å². The summed E-state index contributed by atoms with van der Waals surface area (Å²) in [5.74, 6) is 1.37. The van der Waals surface area contributed by atoms with Gasteiger partial charge in [0.25, 0.3) is 6.36 Å². The Hall–Kier alpha value is -0.850. The van der Waals surface area contributed by atoms with Gasteiger partial charge in [-0.05, 0) is 63.2 Å².